The fourth-order valence-corrected chi connectivity index (χ4v) is 3.25. The molecule has 0 spiro atoms. The molecule has 26 heavy (non-hydrogen) atoms. The third-order valence-corrected chi connectivity index (χ3v) is 4.60. The van der Waals surface area contributed by atoms with Crippen LogP contribution in [0.15, 0.2) is 36.5 Å². The van der Waals surface area contributed by atoms with Crippen molar-refractivity contribution >= 4 is 16.6 Å². The van der Waals surface area contributed by atoms with Gasteiger partial charge in [-0.05, 0) is 35.8 Å². The van der Waals surface area contributed by atoms with Gasteiger partial charge < -0.3 is 14.9 Å². The van der Waals surface area contributed by atoms with E-state index in [0.717, 1.165) is 28.8 Å². The molecular weight excluding hydrogens is 340 g/mol. The van der Waals surface area contributed by atoms with E-state index in [9.17, 15) is 14.0 Å². The highest BCUT2D eigenvalue weighted by molar-refractivity contribution is 5.96. The molecule has 0 atom stereocenters. The van der Waals surface area contributed by atoms with E-state index in [1.54, 1.807) is 12.3 Å². The smallest absolute Gasteiger partial charge is 0.162 e. The number of halogens is 2. The van der Waals surface area contributed by atoms with Crippen LogP contribution in [-0.2, 0) is 0 Å². The van der Waals surface area contributed by atoms with Crippen LogP contribution in [0.4, 0.5) is 8.78 Å². The average Bonchev–Trinajstić information content (AvgIpc) is 3.08. The maximum Gasteiger partial charge on any atom is 0.162 e. The molecule has 1 aliphatic rings. The molecule has 3 heterocycles. The summed E-state index contributed by atoms with van der Waals surface area (Å²) >= 11 is 0. The van der Waals surface area contributed by atoms with Crippen LogP contribution >= 0.6 is 0 Å². The topological polar surface area (TPSA) is 61.4 Å². The fraction of sp³-hybridized carbons (Fsp3) is 0.211. The van der Waals surface area contributed by atoms with Gasteiger partial charge in [-0.3, -0.25) is 0 Å². The van der Waals surface area contributed by atoms with Gasteiger partial charge in [0.2, 0.25) is 0 Å². The number of hydrogen-bond acceptors (Lipinski definition) is 4. The predicted octanol–water partition coefficient (Wildman–Crippen LogP) is 4.00. The minimum atomic E-state index is -0.952. The summed E-state index contributed by atoms with van der Waals surface area (Å²) in [7, 11) is 1.42. The van der Waals surface area contributed by atoms with Crippen LogP contribution in [0.1, 0.15) is 12.1 Å². The molecule has 134 valence electrons. The number of pyridine rings is 1. The van der Waals surface area contributed by atoms with Crippen LogP contribution in [0.3, 0.4) is 0 Å². The summed E-state index contributed by atoms with van der Waals surface area (Å²) in [5.74, 6) is -1.63. The van der Waals surface area contributed by atoms with Gasteiger partial charge in [0.1, 0.15) is 11.4 Å². The lowest BCUT2D eigenvalue weighted by atomic mass is 10.0. The molecule has 0 unspecified atom stereocenters. The van der Waals surface area contributed by atoms with E-state index in [2.05, 4.69) is 9.97 Å². The number of ether oxygens (including phenoxy) is 1. The molecule has 5 nitrogen and oxygen atoms in total. The number of H-pyrrole nitrogens is 1. The minimum absolute atomic E-state index is 0.256. The Morgan fingerprint density at radius 3 is 2.73 bits per heavy atom. The van der Waals surface area contributed by atoms with Crippen LogP contribution in [0.25, 0.3) is 27.7 Å². The maximum atomic E-state index is 13.8. The zero-order chi connectivity index (χ0) is 18.3. The number of aromatic amines is 1. The Morgan fingerprint density at radius 2 is 2.00 bits per heavy atom. The van der Waals surface area contributed by atoms with Gasteiger partial charge in [-0.25, -0.2) is 13.8 Å². The Morgan fingerprint density at radius 1 is 1.19 bits per heavy atom. The highest BCUT2D eigenvalue weighted by Gasteiger charge is 2.18. The molecule has 0 radical (unpaired) electrons. The van der Waals surface area contributed by atoms with Crippen molar-refractivity contribution in [3.05, 3.63) is 53.9 Å². The lowest BCUT2D eigenvalue weighted by molar-refractivity contribution is -0.0807. The highest BCUT2D eigenvalue weighted by Crippen LogP contribution is 2.37. The molecule has 0 fully saturated rings. The largest absolute Gasteiger partial charge is 0.496 e. The molecule has 0 bridgehead atoms. The Balaban J connectivity index is 1.86. The van der Waals surface area contributed by atoms with E-state index in [1.165, 1.54) is 12.2 Å². The standard InChI is InChI=1S/C19H17F2N3O2/c1-26-18-10-16(21)15(20)8-13(18)12-2-5-22-19-14(12)9-17(23-19)11-3-6-24(25)7-4-11/h2-3,5,8-10,25H,4,6-7H2,1H3,(H,22,23). The minimum Gasteiger partial charge on any atom is -0.496 e. The van der Waals surface area contributed by atoms with E-state index in [0.29, 0.717) is 36.3 Å². The number of hydroxylamine groups is 2. The molecule has 2 N–H and O–H groups in total. The van der Waals surface area contributed by atoms with E-state index < -0.39 is 11.6 Å². The first-order valence-corrected chi connectivity index (χ1v) is 8.21. The third-order valence-electron chi connectivity index (χ3n) is 4.60. The Bertz CT molecular complexity index is 1010. The van der Waals surface area contributed by atoms with Crippen LogP contribution < -0.4 is 4.74 Å². The lowest BCUT2D eigenvalue weighted by Gasteiger charge is -2.19. The fourth-order valence-electron chi connectivity index (χ4n) is 3.25. The molecule has 3 aromatic rings. The van der Waals surface area contributed by atoms with E-state index in [1.807, 2.05) is 12.1 Å². The summed E-state index contributed by atoms with van der Waals surface area (Å²) in [6.07, 6.45) is 4.27. The summed E-state index contributed by atoms with van der Waals surface area (Å²) in [6.45, 7) is 1.01. The monoisotopic (exact) mass is 357 g/mol. The zero-order valence-electron chi connectivity index (χ0n) is 14.1. The molecule has 0 saturated carbocycles. The van der Waals surface area contributed by atoms with Crippen molar-refractivity contribution in [3.63, 3.8) is 0 Å². The van der Waals surface area contributed by atoms with Crippen molar-refractivity contribution in [2.24, 2.45) is 0 Å². The molecule has 1 aliphatic heterocycles. The van der Waals surface area contributed by atoms with E-state index >= 15 is 0 Å². The average molecular weight is 357 g/mol. The second kappa shape index (κ2) is 6.51. The van der Waals surface area contributed by atoms with Gasteiger partial charge in [-0.15, -0.1) is 0 Å². The summed E-state index contributed by atoms with van der Waals surface area (Å²) in [6, 6.07) is 5.88. The Hall–Kier alpha value is -2.77. The number of aromatic nitrogens is 2. The SMILES string of the molecule is COc1cc(F)c(F)cc1-c1ccnc2[nH]c(C3=CCN(O)CC3)cc12. The number of hydrogen-bond donors (Lipinski definition) is 2. The normalized spacial score (nSPS) is 15.3. The molecule has 0 saturated heterocycles. The summed E-state index contributed by atoms with van der Waals surface area (Å²) in [5, 5.41) is 11.5. The number of rotatable bonds is 3. The summed E-state index contributed by atoms with van der Waals surface area (Å²) in [4.78, 5) is 7.61. The van der Waals surface area contributed by atoms with Gasteiger partial charge in [-0.2, -0.15) is 5.06 Å². The highest BCUT2D eigenvalue weighted by atomic mass is 19.2. The van der Waals surface area contributed by atoms with Crippen molar-refractivity contribution in [1.82, 2.24) is 15.0 Å². The quantitative estimate of drug-likeness (QED) is 0.744. The van der Waals surface area contributed by atoms with Crippen molar-refractivity contribution in [2.75, 3.05) is 20.2 Å². The van der Waals surface area contributed by atoms with Gasteiger partial charge in [0.05, 0.1) is 7.11 Å². The van der Waals surface area contributed by atoms with Crippen LogP contribution in [0, 0.1) is 11.6 Å². The van der Waals surface area contributed by atoms with Crippen molar-refractivity contribution in [3.8, 4) is 16.9 Å². The number of nitrogens with one attached hydrogen (secondary N) is 1. The Labute approximate surface area is 148 Å². The molecule has 0 aliphatic carbocycles. The number of nitrogens with zero attached hydrogens (tertiary/aromatic N) is 2. The van der Waals surface area contributed by atoms with Gasteiger partial charge in [0, 0.05) is 42.0 Å². The van der Waals surface area contributed by atoms with Gasteiger partial charge >= 0.3 is 0 Å². The molecule has 1 aromatic carbocycles. The second-order valence-corrected chi connectivity index (χ2v) is 6.16. The maximum absolute atomic E-state index is 13.8. The third kappa shape index (κ3) is 2.85. The van der Waals surface area contributed by atoms with E-state index in [4.69, 9.17) is 4.74 Å². The first-order valence-electron chi connectivity index (χ1n) is 8.21. The zero-order valence-corrected chi connectivity index (χ0v) is 14.1. The lowest BCUT2D eigenvalue weighted by Crippen LogP contribution is -2.24. The number of fused-ring (bicyclic) bond motifs is 1. The molecule has 7 heteroatoms. The van der Waals surface area contributed by atoms with Crippen molar-refractivity contribution in [2.45, 2.75) is 6.42 Å². The number of benzene rings is 1. The summed E-state index contributed by atoms with van der Waals surface area (Å²) in [5.41, 5.74) is 3.79. The second-order valence-electron chi connectivity index (χ2n) is 6.16. The predicted molar refractivity (Wildman–Crippen MR) is 94.0 cm³/mol. The number of methoxy groups -OCH3 is 1. The molecule has 4 rings (SSSR count). The molecular formula is C19H17F2N3O2. The van der Waals surface area contributed by atoms with Crippen LogP contribution in [0.5, 0.6) is 5.75 Å². The van der Waals surface area contributed by atoms with Crippen molar-refractivity contribution < 1.29 is 18.7 Å². The summed E-state index contributed by atoms with van der Waals surface area (Å²) < 4.78 is 32.6. The van der Waals surface area contributed by atoms with Crippen LogP contribution in [0.2, 0.25) is 0 Å². The van der Waals surface area contributed by atoms with Crippen molar-refractivity contribution in [1.29, 1.82) is 0 Å². The Kier molecular flexibility index (Phi) is 4.18. The van der Waals surface area contributed by atoms with E-state index in [-0.39, 0.29) is 5.75 Å². The van der Waals surface area contributed by atoms with Gasteiger partial charge in [-0.1, -0.05) is 6.08 Å². The molecule has 2 aromatic heterocycles. The van der Waals surface area contributed by atoms with Gasteiger partial charge in [0.15, 0.2) is 11.6 Å². The van der Waals surface area contributed by atoms with Crippen LogP contribution in [-0.4, -0.2) is 40.4 Å². The van der Waals surface area contributed by atoms with Gasteiger partial charge in [0.25, 0.3) is 0 Å². The first-order chi connectivity index (χ1) is 12.6. The molecule has 0 amide bonds. The first kappa shape index (κ1) is 16.7.